The molecule has 80 valence electrons. The Morgan fingerprint density at radius 1 is 1.47 bits per heavy atom. The van der Waals surface area contributed by atoms with E-state index in [1.165, 1.54) is 0 Å². The minimum atomic E-state index is -0.140. The van der Waals surface area contributed by atoms with Crippen LogP contribution in [0.15, 0.2) is 22.7 Å². The van der Waals surface area contributed by atoms with Crippen LogP contribution in [0.2, 0.25) is 0 Å². The van der Waals surface area contributed by atoms with Crippen molar-refractivity contribution in [2.75, 3.05) is 0 Å². The van der Waals surface area contributed by atoms with E-state index in [-0.39, 0.29) is 6.04 Å². The Hall–Kier alpha value is -1.42. The molecule has 15 heavy (non-hydrogen) atoms. The van der Waals surface area contributed by atoms with Crippen molar-refractivity contribution in [1.82, 2.24) is 9.97 Å². The van der Waals surface area contributed by atoms with Crippen LogP contribution in [0.3, 0.4) is 0 Å². The van der Waals surface area contributed by atoms with Crippen LogP contribution in [0.1, 0.15) is 32.2 Å². The van der Waals surface area contributed by atoms with E-state index in [1.807, 2.05) is 12.1 Å². The average Bonchev–Trinajstić information content (AvgIpc) is 2.59. The highest BCUT2D eigenvalue weighted by Crippen LogP contribution is 2.21. The number of hydrogen-bond donors (Lipinski definition) is 1. The van der Waals surface area contributed by atoms with Crippen LogP contribution in [0.25, 0.3) is 11.2 Å². The third kappa shape index (κ3) is 2.15. The van der Waals surface area contributed by atoms with E-state index in [0.29, 0.717) is 23.0 Å². The molecule has 1 unspecified atom stereocenters. The Balaban J connectivity index is 2.28. The summed E-state index contributed by atoms with van der Waals surface area (Å²) in [4.78, 5) is 8.37. The molecule has 2 heterocycles. The largest absolute Gasteiger partial charge is 0.437 e. The number of hydrogen-bond acceptors (Lipinski definition) is 4. The van der Waals surface area contributed by atoms with Crippen molar-refractivity contribution < 1.29 is 4.42 Å². The molecule has 1 atom stereocenters. The molecule has 0 radical (unpaired) electrons. The fourth-order valence-electron chi connectivity index (χ4n) is 1.55. The first-order valence-corrected chi connectivity index (χ1v) is 5.14. The Labute approximate surface area is 88.5 Å². The van der Waals surface area contributed by atoms with Gasteiger partial charge in [0.15, 0.2) is 11.2 Å². The zero-order valence-electron chi connectivity index (χ0n) is 8.97. The molecule has 0 bridgehead atoms. The summed E-state index contributed by atoms with van der Waals surface area (Å²) in [5.74, 6) is 1.11. The van der Waals surface area contributed by atoms with Crippen molar-refractivity contribution in [3.05, 3.63) is 24.2 Å². The van der Waals surface area contributed by atoms with Gasteiger partial charge in [-0.15, -0.1) is 0 Å². The second-order valence-corrected chi connectivity index (χ2v) is 4.11. The Morgan fingerprint density at radius 3 is 2.93 bits per heavy atom. The van der Waals surface area contributed by atoms with Gasteiger partial charge in [0.25, 0.3) is 0 Å². The van der Waals surface area contributed by atoms with Gasteiger partial charge in [0.1, 0.15) is 0 Å². The van der Waals surface area contributed by atoms with Crippen LogP contribution in [-0.4, -0.2) is 9.97 Å². The molecule has 0 amide bonds. The summed E-state index contributed by atoms with van der Waals surface area (Å²) in [7, 11) is 0. The number of nitrogens with zero attached hydrogens (tertiary/aromatic N) is 2. The minimum absolute atomic E-state index is 0.140. The van der Waals surface area contributed by atoms with Crippen LogP contribution in [0, 0.1) is 5.92 Å². The van der Waals surface area contributed by atoms with E-state index >= 15 is 0 Å². The molecule has 2 rings (SSSR count). The van der Waals surface area contributed by atoms with Crippen molar-refractivity contribution in [1.29, 1.82) is 0 Å². The van der Waals surface area contributed by atoms with Gasteiger partial charge in [-0.2, -0.15) is 4.98 Å². The van der Waals surface area contributed by atoms with Crippen molar-refractivity contribution in [3.63, 3.8) is 0 Å². The van der Waals surface area contributed by atoms with Crippen molar-refractivity contribution >= 4 is 11.2 Å². The predicted octanol–water partition coefficient (Wildman–Crippen LogP) is 2.27. The molecule has 4 nitrogen and oxygen atoms in total. The number of rotatable bonds is 3. The Morgan fingerprint density at radius 2 is 2.27 bits per heavy atom. The normalized spacial score (nSPS) is 13.6. The summed E-state index contributed by atoms with van der Waals surface area (Å²) in [5, 5.41) is 0. The first-order chi connectivity index (χ1) is 7.16. The van der Waals surface area contributed by atoms with Crippen LogP contribution < -0.4 is 5.73 Å². The van der Waals surface area contributed by atoms with Crippen LogP contribution in [0.5, 0.6) is 0 Å². The molecule has 2 aromatic heterocycles. The van der Waals surface area contributed by atoms with E-state index in [2.05, 4.69) is 23.8 Å². The van der Waals surface area contributed by atoms with Gasteiger partial charge in [0.2, 0.25) is 5.89 Å². The summed E-state index contributed by atoms with van der Waals surface area (Å²) >= 11 is 0. The molecule has 0 aliphatic carbocycles. The van der Waals surface area contributed by atoms with Gasteiger partial charge in [-0.25, -0.2) is 4.98 Å². The molecule has 0 aromatic carbocycles. The van der Waals surface area contributed by atoms with Gasteiger partial charge in [-0.1, -0.05) is 13.8 Å². The van der Waals surface area contributed by atoms with Crippen molar-refractivity contribution in [2.24, 2.45) is 11.7 Å². The van der Waals surface area contributed by atoms with Gasteiger partial charge in [-0.05, 0) is 24.5 Å². The number of nitrogens with two attached hydrogens (primary N) is 1. The van der Waals surface area contributed by atoms with E-state index in [9.17, 15) is 0 Å². The molecule has 0 saturated carbocycles. The zero-order chi connectivity index (χ0) is 10.8. The second-order valence-electron chi connectivity index (χ2n) is 4.11. The Kier molecular flexibility index (Phi) is 2.68. The lowest BCUT2D eigenvalue weighted by atomic mass is 10.0. The smallest absolute Gasteiger partial charge is 0.213 e. The predicted molar refractivity (Wildman–Crippen MR) is 58.2 cm³/mol. The lowest BCUT2D eigenvalue weighted by Crippen LogP contribution is -2.13. The van der Waals surface area contributed by atoms with E-state index < -0.39 is 0 Å². The van der Waals surface area contributed by atoms with Gasteiger partial charge < -0.3 is 10.2 Å². The SMILES string of the molecule is CC(C)CC(N)c1nc2ncccc2o1. The van der Waals surface area contributed by atoms with Crippen molar-refractivity contribution in [2.45, 2.75) is 26.3 Å². The molecular formula is C11H15N3O. The summed E-state index contributed by atoms with van der Waals surface area (Å²) < 4.78 is 5.53. The maximum atomic E-state index is 5.98. The average molecular weight is 205 g/mol. The van der Waals surface area contributed by atoms with Gasteiger partial charge in [0, 0.05) is 6.20 Å². The second kappa shape index (κ2) is 3.98. The quantitative estimate of drug-likeness (QED) is 0.834. The highest BCUT2D eigenvalue weighted by atomic mass is 16.3. The number of oxazole rings is 1. The Bertz CT molecular complexity index is 417. The van der Waals surface area contributed by atoms with Gasteiger partial charge in [-0.3, -0.25) is 0 Å². The number of aromatic nitrogens is 2. The molecule has 0 aliphatic rings. The summed E-state index contributed by atoms with van der Waals surface area (Å²) in [6.45, 7) is 4.25. The van der Waals surface area contributed by atoms with Crippen LogP contribution >= 0.6 is 0 Å². The summed E-state index contributed by atoms with van der Waals surface area (Å²) in [6.07, 6.45) is 2.56. The van der Waals surface area contributed by atoms with Crippen molar-refractivity contribution in [3.8, 4) is 0 Å². The lowest BCUT2D eigenvalue weighted by Gasteiger charge is -2.09. The van der Waals surface area contributed by atoms with E-state index in [4.69, 9.17) is 10.2 Å². The van der Waals surface area contributed by atoms with E-state index in [1.54, 1.807) is 6.20 Å². The maximum Gasteiger partial charge on any atom is 0.213 e. The zero-order valence-corrected chi connectivity index (χ0v) is 8.97. The highest BCUT2D eigenvalue weighted by Gasteiger charge is 2.15. The molecule has 0 fully saturated rings. The number of fused-ring (bicyclic) bond motifs is 1. The standard InChI is InChI=1S/C11H15N3O/c1-7(2)6-8(12)11-14-10-9(15-11)4-3-5-13-10/h3-5,7-8H,6,12H2,1-2H3. The number of pyridine rings is 1. The minimum Gasteiger partial charge on any atom is -0.437 e. The summed E-state index contributed by atoms with van der Waals surface area (Å²) in [5.41, 5.74) is 7.31. The lowest BCUT2D eigenvalue weighted by molar-refractivity contribution is 0.417. The third-order valence-electron chi connectivity index (χ3n) is 2.22. The molecule has 2 aromatic rings. The highest BCUT2D eigenvalue weighted by molar-refractivity contribution is 5.66. The molecule has 0 aliphatic heterocycles. The fraction of sp³-hybridized carbons (Fsp3) is 0.455. The first-order valence-electron chi connectivity index (χ1n) is 5.14. The monoisotopic (exact) mass is 205 g/mol. The van der Waals surface area contributed by atoms with Gasteiger partial charge >= 0.3 is 0 Å². The topological polar surface area (TPSA) is 64.9 Å². The maximum absolute atomic E-state index is 5.98. The summed E-state index contributed by atoms with van der Waals surface area (Å²) in [6, 6.07) is 3.53. The van der Waals surface area contributed by atoms with Crippen LogP contribution in [-0.2, 0) is 0 Å². The van der Waals surface area contributed by atoms with Gasteiger partial charge in [0.05, 0.1) is 6.04 Å². The molecular weight excluding hydrogens is 190 g/mol. The molecule has 4 heteroatoms. The van der Waals surface area contributed by atoms with Crippen LogP contribution in [0.4, 0.5) is 0 Å². The van der Waals surface area contributed by atoms with E-state index in [0.717, 1.165) is 6.42 Å². The fourth-order valence-corrected chi connectivity index (χ4v) is 1.55. The third-order valence-corrected chi connectivity index (χ3v) is 2.22. The molecule has 0 saturated heterocycles. The molecule has 2 N–H and O–H groups in total. The molecule has 0 spiro atoms. The first kappa shape index (κ1) is 10.1.